The van der Waals surface area contributed by atoms with Gasteiger partial charge in [-0.05, 0) is 43.7 Å². The van der Waals surface area contributed by atoms with Crippen molar-refractivity contribution in [2.24, 2.45) is 11.5 Å². The molecule has 0 bridgehead atoms. The number of hydrogen-bond acceptors (Lipinski definition) is 8. The van der Waals surface area contributed by atoms with Crippen molar-refractivity contribution in [3.05, 3.63) is 82.4 Å². The number of Topliss-reactive ketones (excluding diaryl/α,β-unsaturated/α-hetero) is 1. The molecule has 3 aromatic carbocycles. The lowest BCUT2D eigenvalue weighted by Crippen LogP contribution is -2.33. The fourth-order valence-electron chi connectivity index (χ4n) is 4.79. The van der Waals surface area contributed by atoms with E-state index >= 15 is 0 Å². The Morgan fingerprint density at radius 3 is 2.21 bits per heavy atom. The molecule has 6 N–H and O–H groups in total. The zero-order chi connectivity index (χ0) is 24.0. The van der Waals surface area contributed by atoms with E-state index in [0.29, 0.717) is 36.1 Å². The summed E-state index contributed by atoms with van der Waals surface area (Å²) >= 11 is 0. The molecule has 0 aromatic heterocycles. The van der Waals surface area contributed by atoms with Gasteiger partial charge in [-0.2, -0.15) is 0 Å². The average molecular weight is 460 g/mol. The summed E-state index contributed by atoms with van der Waals surface area (Å²) < 4.78 is 12.0. The van der Waals surface area contributed by atoms with Crippen molar-refractivity contribution in [2.45, 2.75) is 30.9 Å². The predicted molar refractivity (Wildman–Crippen MR) is 123 cm³/mol. The van der Waals surface area contributed by atoms with Crippen molar-refractivity contribution in [2.75, 3.05) is 6.54 Å². The second-order valence-electron chi connectivity index (χ2n) is 8.52. The molecule has 0 saturated heterocycles. The Balaban J connectivity index is 1.70. The number of unbranched alkanes of at least 4 members (excludes halogenated alkanes) is 1. The smallest absolute Gasteiger partial charge is 0.340 e. The molecule has 1 atom stereocenters. The Bertz CT molecular complexity index is 1270. The normalized spacial score (nSPS) is 15.6. The average Bonchev–Trinajstić information content (AvgIpc) is 3.11. The highest BCUT2D eigenvalue weighted by atomic mass is 16.6. The number of benzene rings is 3. The molecule has 34 heavy (non-hydrogen) atoms. The first-order valence-corrected chi connectivity index (χ1v) is 11.1. The minimum atomic E-state index is -1.42. The van der Waals surface area contributed by atoms with Gasteiger partial charge in [-0.15, -0.1) is 0 Å². The van der Waals surface area contributed by atoms with Gasteiger partial charge in [0.2, 0.25) is 0 Å². The van der Waals surface area contributed by atoms with Gasteiger partial charge in [0.1, 0.15) is 23.0 Å². The van der Waals surface area contributed by atoms with Crippen LogP contribution in [0.1, 0.15) is 56.7 Å². The van der Waals surface area contributed by atoms with Gasteiger partial charge in [-0.25, -0.2) is 4.79 Å². The van der Waals surface area contributed by atoms with Crippen LogP contribution in [0.3, 0.4) is 0 Å². The summed E-state index contributed by atoms with van der Waals surface area (Å²) in [7, 11) is 0. The van der Waals surface area contributed by atoms with Crippen LogP contribution in [-0.4, -0.2) is 34.6 Å². The van der Waals surface area contributed by atoms with Gasteiger partial charge in [0, 0.05) is 34.4 Å². The molecule has 0 radical (unpaired) electrons. The van der Waals surface area contributed by atoms with E-state index in [2.05, 4.69) is 0 Å². The highest BCUT2D eigenvalue weighted by Gasteiger charge is 2.54. The number of esters is 1. The van der Waals surface area contributed by atoms with E-state index in [-0.39, 0.29) is 39.9 Å². The zero-order valence-corrected chi connectivity index (χ0v) is 18.3. The van der Waals surface area contributed by atoms with E-state index in [9.17, 15) is 19.8 Å². The number of nitrogens with two attached hydrogens (primary N) is 2. The summed E-state index contributed by atoms with van der Waals surface area (Å²) in [5.41, 5.74) is 12.1. The van der Waals surface area contributed by atoms with Gasteiger partial charge < -0.3 is 31.2 Å². The first-order valence-electron chi connectivity index (χ1n) is 11.1. The summed E-state index contributed by atoms with van der Waals surface area (Å²) in [4.78, 5) is 26.6. The van der Waals surface area contributed by atoms with Gasteiger partial charge in [-0.3, -0.25) is 4.79 Å². The van der Waals surface area contributed by atoms with Crippen LogP contribution < -0.4 is 16.2 Å². The standard InChI is InChI=1S/C26H24N2O6/c27-11-2-1-6-20(28)24(31)16-4-3-5-19-23(16)25(32)34-26(19)17-9-7-14(29)12-21(17)33-22-13-15(30)8-10-18(22)26/h3-5,7-10,12-13,20,29-30H,1-2,6,11,27-28H2/t20-/m0/s1. The van der Waals surface area contributed by atoms with Crippen LogP contribution in [-0.2, 0) is 10.3 Å². The van der Waals surface area contributed by atoms with E-state index in [4.69, 9.17) is 20.9 Å². The number of ketones is 1. The van der Waals surface area contributed by atoms with E-state index < -0.39 is 17.6 Å². The third-order valence-electron chi connectivity index (χ3n) is 6.37. The summed E-state index contributed by atoms with van der Waals surface area (Å²) in [6, 6.07) is 13.3. The predicted octanol–water partition coefficient (Wildman–Crippen LogP) is 3.30. The number of aromatic hydroxyl groups is 2. The lowest BCUT2D eigenvalue weighted by atomic mass is 9.76. The molecule has 0 aliphatic carbocycles. The molecule has 2 aliphatic rings. The number of carbonyl (C=O) groups excluding carboxylic acids is 2. The quantitative estimate of drug-likeness (QED) is 0.249. The molecule has 0 saturated carbocycles. The van der Waals surface area contributed by atoms with Crippen LogP contribution in [0.15, 0.2) is 54.6 Å². The minimum absolute atomic E-state index is 0.0329. The minimum Gasteiger partial charge on any atom is -0.508 e. The molecule has 174 valence electrons. The first-order chi connectivity index (χ1) is 16.4. The molecular formula is C26H24N2O6. The van der Waals surface area contributed by atoms with Gasteiger partial charge >= 0.3 is 5.97 Å². The Kier molecular flexibility index (Phi) is 5.27. The van der Waals surface area contributed by atoms with Gasteiger partial charge in [0.15, 0.2) is 11.4 Å². The lowest BCUT2D eigenvalue weighted by molar-refractivity contribution is 0.0223. The Morgan fingerprint density at radius 1 is 0.941 bits per heavy atom. The maximum Gasteiger partial charge on any atom is 0.340 e. The van der Waals surface area contributed by atoms with E-state index in [1.54, 1.807) is 30.3 Å². The maximum atomic E-state index is 13.3. The number of rotatable bonds is 6. The third kappa shape index (κ3) is 3.22. The van der Waals surface area contributed by atoms with Gasteiger partial charge in [0.05, 0.1) is 11.6 Å². The Labute approximate surface area is 195 Å². The third-order valence-corrected chi connectivity index (χ3v) is 6.37. The molecule has 0 fully saturated rings. The van der Waals surface area contributed by atoms with Crippen molar-refractivity contribution >= 4 is 11.8 Å². The highest BCUT2D eigenvalue weighted by molar-refractivity contribution is 6.11. The van der Waals surface area contributed by atoms with Crippen molar-refractivity contribution < 1.29 is 29.3 Å². The van der Waals surface area contributed by atoms with Crippen molar-refractivity contribution in [1.29, 1.82) is 0 Å². The zero-order valence-electron chi connectivity index (χ0n) is 18.3. The molecule has 0 amide bonds. The maximum absolute atomic E-state index is 13.3. The number of ether oxygens (including phenoxy) is 2. The highest BCUT2D eigenvalue weighted by Crippen LogP contribution is 2.57. The number of fused-ring (bicyclic) bond motifs is 6. The molecule has 2 heterocycles. The molecule has 8 heteroatoms. The van der Waals surface area contributed by atoms with E-state index in [1.165, 1.54) is 24.3 Å². The van der Waals surface area contributed by atoms with Crippen LogP contribution in [0.25, 0.3) is 0 Å². The summed E-state index contributed by atoms with van der Waals surface area (Å²) in [5, 5.41) is 20.1. The fraction of sp³-hybridized carbons (Fsp3) is 0.231. The fourth-order valence-corrected chi connectivity index (χ4v) is 4.79. The first kappa shape index (κ1) is 21.9. The van der Waals surface area contributed by atoms with Gasteiger partial charge in [-0.1, -0.05) is 24.6 Å². The van der Waals surface area contributed by atoms with Crippen LogP contribution in [0.5, 0.6) is 23.0 Å². The van der Waals surface area contributed by atoms with E-state index in [1.807, 2.05) is 0 Å². The second-order valence-corrected chi connectivity index (χ2v) is 8.52. The molecule has 1 spiro atoms. The summed E-state index contributed by atoms with van der Waals surface area (Å²) in [5.74, 6) is -0.522. The molecule has 5 rings (SSSR count). The Morgan fingerprint density at radius 2 is 1.59 bits per heavy atom. The summed E-state index contributed by atoms with van der Waals surface area (Å²) in [6.45, 7) is 0.516. The van der Waals surface area contributed by atoms with Crippen molar-refractivity contribution in [3.8, 4) is 23.0 Å². The molecule has 2 aliphatic heterocycles. The van der Waals surface area contributed by atoms with Crippen LogP contribution in [0.4, 0.5) is 0 Å². The lowest BCUT2D eigenvalue weighted by Gasteiger charge is -2.36. The van der Waals surface area contributed by atoms with Crippen LogP contribution in [0, 0.1) is 0 Å². The number of hydrogen-bond donors (Lipinski definition) is 4. The molecular weight excluding hydrogens is 436 g/mol. The van der Waals surface area contributed by atoms with Crippen LogP contribution in [0.2, 0.25) is 0 Å². The summed E-state index contributed by atoms with van der Waals surface area (Å²) in [6.07, 6.45) is 1.92. The second kappa shape index (κ2) is 8.16. The van der Waals surface area contributed by atoms with Crippen molar-refractivity contribution in [1.82, 2.24) is 0 Å². The number of phenols is 2. The van der Waals surface area contributed by atoms with Crippen molar-refractivity contribution in [3.63, 3.8) is 0 Å². The van der Waals surface area contributed by atoms with Crippen LogP contribution >= 0.6 is 0 Å². The molecule has 0 unspecified atom stereocenters. The Hall–Kier alpha value is -3.88. The van der Waals surface area contributed by atoms with Gasteiger partial charge in [0.25, 0.3) is 0 Å². The molecule has 3 aromatic rings. The monoisotopic (exact) mass is 460 g/mol. The SMILES string of the molecule is NCCCC[C@H](N)C(=O)c1cccc2c1C(=O)OC21c2ccc(O)cc2Oc2cc(O)ccc21. The molecule has 8 nitrogen and oxygen atoms in total. The number of carbonyl (C=O) groups is 2. The van der Waals surface area contributed by atoms with E-state index in [0.717, 1.165) is 6.42 Å². The topological polar surface area (TPSA) is 145 Å². The number of phenolic OH excluding ortho intramolecular Hbond substituents is 2. The largest absolute Gasteiger partial charge is 0.508 e.